The highest BCUT2D eigenvalue weighted by Crippen LogP contribution is 2.32. The molecule has 1 amide bonds. The van der Waals surface area contributed by atoms with E-state index in [1.165, 1.54) is 11.3 Å². The number of halogens is 1. The Morgan fingerprint density at radius 1 is 1.07 bits per heavy atom. The molecule has 1 fully saturated rings. The minimum atomic E-state index is -0.258. The van der Waals surface area contributed by atoms with Crippen LogP contribution in [0.2, 0.25) is 5.02 Å². The van der Waals surface area contributed by atoms with Gasteiger partial charge in [0.05, 0.1) is 34.8 Å². The standard InChI is InChI=1S/C32H32ClN3O3S/c1-4-39-29-11-7-6-10-27(29)36-28(18-21(2)3)24(31(37)35-16-8-5-9-17-35)19-25(32(36)38)30-34-26(20-40-30)22-12-14-23(33)15-13-22/h6-7,10-15,18-20H,4-5,8-9,16-17H2,1-3H3. The maximum absolute atomic E-state index is 14.4. The summed E-state index contributed by atoms with van der Waals surface area (Å²) in [6, 6.07) is 16.6. The van der Waals surface area contributed by atoms with E-state index in [4.69, 9.17) is 21.3 Å². The molecule has 1 saturated heterocycles. The Morgan fingerprint density at radius 2 is 1.80 bits per heavy atom. The molecule has 0 saturated carbocycles. The monoisotopic (exact) mass is 573 g/mol. The van der Waals surface area contributed by atoms with Crippen LogP contribution in [0.3, 0.4) is 0 Å². The van der Waals surface area contributed by atoms with Crippen molar-refractivity contribution in [2.75, 3.05) is 19.7 Å². The first-order chi connectivity index (χ1) is 19.4. The van der Waals surface area contributed by atoms with Crippen LogP contribution in [-0.4, -0.2) is 40.1 Å². The molecule has 3 heterocycles. The van der Waals surface area contributed by atoms with Crippen molar-refractivity contribution in [1.29, 1.82) is 0 Å². The Bertz CT molecular complexity index is 1610. The maximum Gasteiger partial charge on any atom is 0.266 e. The van der Waals surface area contributed by atoms with Crippen molar-refractivity contribution in [3.8, 4) is 33.3 Å². The molecule has 0 atom stereocenters. The number of piperidine rings is 1. The van der Waals surface area contributed by atoms with Gasteiger partial charge in [0.2, 0.25) is 0 Å². The summed E-state index contributed by atoms with van der Waals surface area (Å²) >= 11 is 7.46. The van der Waals surface area contributed by atoms with Crippen LogP contribution in [0.1, 0.15) is 56.1 Å². The molecule has 8 heteroatoms. The summed E-state index contributed by atoms with van der Waals surface area (Å²) in [5.74, 6) is 0.496. The lowest BCUT2D eigenvalue weighted by Gasteiger charge is -2.28. The van der Waals surface area contributed by atoms with Gasteiger partial charge in [0, 0.05) is 29.1 Å². The first kappa shape index (κ1) is 27.9. The van der Waals surface area contributed by atoms with Crippen LogP contribution in [0.4, 0.5) is 0 Å². The van der Waals surface area contributed by atoms with Crippen LogP contribution in [-0.2, 0) is 0 Å². The van der Waals surface area contributed by atoms with Crippen molar-refractivity contribution in [2.45, 2.75) is 40.0 Å². The van der Waals surface area contributed by atoms with Gasteiger partial charge in [-0.2, -0.15) is 0 Å². The van der Waals surface area contributed by atoms with E-state index in [0.29, 0.717) is 58.0 Å². The number of hydrogen-bond acceptors (Lipinski definition) is 5. The summed E-state index contributed by atoms with van der Waals surface area (Å²) in [5, 5.41) is 3.12. The molecule has 1 aliphatic rings. The van der Waals surface area contributed by atoms with Crippen molar-refractivity contribution in [1.82, 2.24) is 14.5 Å². The number of hydrogen-bond donors (Lipinski definition) is 0. The quantitative estimate of drug-likeness (QED) is 0.227. The number of amides is 1. The molecule has 0 unspecified atom stereocenters. The molecule has 2 aromatic carbocycles. The zero-order valence-electron chi connectivity index (χ0n) is 22.9. The molecule has 206 valence electrons. The Balaban J connectivity index is 1.77. The van der Waals surface area contributed by atoms with Gasteiger partial charge in [0.25, 0.3) is 11.5 Å². The molecular formula is C32H32ClN3O3S. The number of likely N-dealkylation sites (tertiary alicyclic amines) is 1. The molecule has 6 nitrogen and oxygen atoms in total. The lowest BCUT2D eigenvalue weighted by molar-refractivity contribution is 0.0723. The van der Waals surface area contributed by atoms with Crippen LogP contribution in [0.25, 0.3) is 33.6 Å². The van der Waals surface area contributed by atoms with E-state index in [1.54, 1.807) is 10.6 Å². The second-order valence-corrected chi connectivity index (χ2v) is 11.3. The summed E-state index contributed by atoms with van der Waals surface area (Å²) < 4.78 is 7.56. The van der Waals surface area contributed by atoms with E-state index < -0.39 is 0 Å². The van der Waals surface area contributed by atoms with E-state index in [2.05, 4.69) is 0 Å². The predicted octanol–water partition coefficient (Wildman–Crippen LogP) is 7.73. The van der Waals surface area contributed by atoms with Crippen molar-refractivity contribution < 1.29 is 9.53 Å². The Morgan fingerprint density at radius 3 is 2.50 bits per heavy atom. The number of carbonyl (C=O) groups is 1. The molecule has 4 aromatic rings. The van der Waals surface area contributed by atoms with Crippen molar-refractivity contribution >= 4 is 34.9 Å². The molecule has 0 aliphatic carbocycles. The summed E-state index contributed by atoms with van der Waals surface area (Å²) in [5.41, 5.74) is 4.36. The Hall–Kier alpha value is -3.68. The highest BCUT2D eigenvalue weighted by molar-refractivity contribution is 7.13. The number of allylic oxidation sites excluding steroid dienone is 1. The molecule has 1 aliphatic heterocycles. The van der Waals surface area contributed by atoms with Crippen molar-refractivity contribution in [3.63, 3.8) is 0 Å². The minimum absolute atomic E-state index is 0.0782. The largest absolute Gasteiger partial charge is 0.492 e. The minimum Gasteiger partial charge on any atom is -0.492 e. The molecule has 0 bridgehead atoms. The number of pyridine rings is 1. The molecular weight excluding hydrogens is 542 g/mol. The molecule has 2 aromatic heterocycles. The molecule has 40 heavy (non-hydrogen) atoms. The van der Waals surface area contributed by atoms with Gasteiger partial charge < -0.3 is 9.64 Å². The van der Waals surface area contributed by atoms with Gasteiger partial charge in [-0.25, -0.2) is 4.98 Å². The van der Waals surface area contributed by atoms with Gasteiger partial charge in [0.15, 0.2) is 0 Å². The van der Waals surface area contributed by atoms with Gasteiger partial charge in [-0.15, -0.1) is 11.3 Å². The van der Waals surface area contributed by atoms with E-state index in [9.17, 15) is 9.59 Å². The first-order valence-corrected chi connectivity index (χ1v) is 14.8. The fourth-order valence-electron chi connectivity index (χ4n) is 4.95. The summed E-state index contributed by atoms with van der Waals surface area (Å²) in [7, 11) is 0. The average Bonchev–Trinajstić information content (AvgIpc) is 3.44. The number of aromatic nitrogens is 2. The normalized spacial score (nSPS) is 13.2. The van der Waals surface area contributed by atoms with Crippen molar-refractivity contribution in [2.24, 2.45) is 0 Å². The van der Waals surface area contributed by atoms with E-state index >= 15 is 0 Å². The van der Waals surface area contributed by atoms with Gasteiger partial charge >= 0.3 is 0 Å². The molecule has 0 N–H and O–H groups in total. The van der Waals surface area contributed by atoms with E-state index in [0.717, 1.165) is 36.1 Å². The van der Waals surface area contributed by atoms with Crippen LogP contribution in [0.5, 0.6) is 5.75 Å². The third kappa shape index (κ3) is 5.76. The van der Waals surface area contributed by atoms with E-state index in [-0.39, 0.29) is 11.5 Å². The number of para-hydroxylation sites is 2. The molecule has 0 spiro atoms. The highest BCUT2D eigenvalue weighted by Gasteiger charge is 2.27. The zero-order valence-corrected chi connectivity index (χ0v) is 24.5. The number of ether oxygens (including phenoxy) is 1. The summed E-state index contributed by atoms with van der Waals surface area (Å²) in [6.45, 7) is 7.69. The fourth-order valence-corrected chi connectivity index (χ4v) is 5.91. The van der Waals surface area contributed by atoms with Gasteiger partial charge in [0.1, 0.15) is 10.8 Å². The van der Waals surface area contributed by atoms with Gasteiger partial charge in [-0.05, 0) is 76.4 Å². The summed E-state index contributed by atoms with van der Waals surface area (Å²) in [4.78, 5) is 35.2. The van der Waals surface area contributed by atoms with Crippen LogP contribution in [0.15, 0.2) is 70.3 Å². The van der Waals surface area contributed by atoms with Crippen LogP contribution < -0.4 is 10.3 Å². The Labute approximate surface area is 243 Å². The summed E-state index contributed by atoms with van der Waals surface area (Å²) in [6.07, 6.45) is 4.97. The number of thiazole rings is 1. The topological polar surface area (TPSA) is 64.4 Å². The lowest BCUT2D eigenvalue weighted by atomic mass is 10.0. The van der Waals surface area contributed by atoms with Crippen LogP contribution >= 0.6 is 22.9 Å². The van der Waals surface area contributed by atoms with Gasteiger partial charge in [-0.3, -0.25) is 14.2 Å². The molecule has 0 radical (unpaired) electrons. The Kier molecular flexibility index (Phi) is 8.52. The smallest absolute Gasteiger partial charge is 0.266 e. The second kappa shape index (κ2) is 12.2. The number of rotatable bonds is 7. The van der Waals surface area contributed by atoms with Crippen molar-refractivity contribution in [3.05, 3.63) is 92.2 Å². The van der Waals surface area contributed by atoms with Gasteiger partial charge in [-0.1, -0.05) is 41.4 Å². The predicted molar refractivity (Wildman–Crippen MR) is 164 cm³/mol. The zero-order chi connectivity index (χ0) is 28.2. The maximum atomic E-state index is 14.4. The average molecular weight is 574 g/mol. The SMILES string of the molecule is CCOc1ccccc1-n1c(C=C(C)C)c(C(=O)N2CCCCC2)cc(-c2nc(-c3ccc(Cl)cc3)cs2)c1=O. The lowest BCUT2D eigenvalue weighted by Crippen LogP contribution is -2.37. The molecule has 5 rings (SSSR count). The van der Waals surface area contributed by atoms with Crippen LogP contribution in [0, 0.1) is 0 Å². The third-order valence-electron chi connectivity index (χ3n) is 6.82. The number of benzene rings is 2. The third-order valence-corrected chi connectivity index (χ3v) is 7.95. The number of carbonyl (C=O) groups excluding carboxylic acids is 1. The van der Waals surface area contributed by atoms with E-state index in [1.807, 2.05) is 85.7 Å². The first-order valence-electron chi connectivity index (χ1n) is 13.6. The highest BCUT2D eigenvalue weighted by atomic mass is 35.5. The number of nitrogens with zero attached hydrogens (tertiary/aromatic N) is 3. The fraction of sp³-hybridized carbons (Fsp3) is 0.281. The second-order valence-electron chi connectivity index (χ2n) is 10.0.